The highest BCUT2D eigenvalue weighted by molar-refractivity contribution is 5.83. The summed E-state index contributed by atoms with van der Waals surface area (Å²) in [5.74, 6) is 0.331. The van der Waals surface area contributed by atoms with Crippen molar-refractivity contribution in [3.63, 3.8) is 0 Å². The fourth-order valence-electron chi connectivity index (χ4n) is 3.26. The molecule has 1 aliphatic rings. The third-order valence-electron chi connectivity index (χ3n) is 4.65. The van der Waals surface area contributed by atoms with E-state index in [1.165, 1.54) is 11.0 Å². The average Bonchev–Trinajstić information content (AvgIpc) is 3.22. The van der Waals surface area contributed by atoms with Crippen LogP contribution in [-0.4, -0.2) is 62.2 Å². The second-order valence-corrected chi connectivity index (χ2v) is 7.30. The SMILES string of the molecule is CC(C)NC(=O)C1CCCN(C(=O)C(C)Oc2ccc(-n3cnnn3)cc2)C1. The summed E-state index contributed by atoms with van der Waals surface area (Å²) in [6.45, 7) is 6.68. The lowest BCUT2D eigenvalue weighted by Crippen LogP contribution is -2.49. The Morgan fingerprint density at radius 1 is 1.21 bits per heavy atom. The standard InChI is InChI=1S/C19H26N6O3/c1-13(2)21-18(26)15-5-4-10-24(11-15)19(27)14(3)28-17-8-6-16(7-9-17)25-12-20-22-23-25/h6-9,12-15H,4-5,10-11H2,1-3H3,(H,21,26). The topological polar surface area (TPSA) is 102 Å². The zero-order chi connectivity index (χ0) is 20.1. The van der Waals surface area contributed by atoms with E-state index >= 15 is 0 Å². The van der Waals surface area contributed by atoms with E-state index in [0.717, 1.165) is 18.5 Å². The summed E-state index contributed by atoms with van der Waals surface area (Å²) in [7, 11) is 0. The number of carbonyl (C=O) groups excluding carboxylic acids is 2. The summed E-state index contributed by atoms with van der Waals surface area (Å²) in [5.41, 5.74) is 0.798. The van der Waals surface area contributed by atoms with Gasteiger partial charge in [-0.3, -0.25) is 9.59 Å². The van der Waals surface area contributed by atoms with Crippen LogP contribution in [0.5, 0.6) is 5.75 Å². The fourth-order valence-corrected chi connectivity index (χ4v) is 3.26. The van der Waals surface area contributed by atoms with Gasteiger partial charge in [0.1, 0.15) is 12.1 Å². The Bertz CT molecular complexity index is 791. The Labute approximate surface area is 164 Å². The lowest BCUT2D eigenvalue weighted by atomic mass is 9.96. The third-order valence-corrected chi connectivity index (χ3v) is 4.65. The first-order valence-corrected chi connectivity index (χ1v) is 9.53. The summed E-state index contributed by atoms with van der Waals surface area (Å²) in [4.78, 5) is 26.8. The molecule has 1 fully saturated rings. The summed E-state index contributed by atoms with van der Waals surface area (Å²) in [6.07, 6.45) is 2.49. The van der Waals surface area contributed by atoms with Gasteiger partial charge in [0, 0.05) is 19.1 Å². The van der Waals surface area contributed by atoms with Crippen LogP contribution in [0.2, 0.25) is 0 Å². The molecule has 3 rings (SSSR count). The first-order valence-electron chi connectivity index (χ1n) is 9.53. The number of benzene rings is 1. The summed E-state index contributed by atoms with van der Waals surface area (Å²) in [6, 6.07) is 7.27. The molecule has 0 spiro atoms. The molecule has 1 aromatic heterocycles. The number of amides is 2. The van der Waals surface area contributed by atoms with Crippen LogP contribution in [0.25, 0.3) is 5.69 Å². The minimum atomic E-state index is -0.634. The van der Waals surface area contributed by atoms with E-state index in [9.17, 15) is 9.59 Å². The van der Waals surface area contributed by atoms with Crippen molar-refractivity contribution in [2.75, 3.05) is 13.1 Å². The average molecular weight is 386 g/mol. The van der Waals surface area contributed by atoms with Gasteiger partial charge >= 0.3 is 0 Å². The van der Waals surface area contributed by atoms with Gasteiger partial charge in [-0.1, -0.05) is 0 Å². The molecule has 0 saturated carbocycles. The molecule has 2 atom stereocenters. The summed E-state index contributed by atoms with van der Waals surface area (Å²) < 4.78 is 7.35. The van der Waals surface area contributed by atoms with Gasteiger partial charge in [-0.15, -0.1) is 5.10 Å². The molecule has 0 bridgehead atoms. The van der Waals surface area contributed by atoms with Crippen molar-refractivity contribution in [1.82, 2.24) is 30.4 Å². The molecule has 1 aliphatic heterocycles. The van der Waals surface area contributed by atoms with Gasteiger partial charge in [0.2, 0.25) is 5.91 Å². The van der Waals surface area contributed by atoms with Crippen molar-refractivity contribution in [1.29, 1.82) is 0 Å². The van der Waals surface area contributed by atoms with Gasteiger partial charge in [0.25, 0.3) is 5.91 Å². The summed E-state index contributed by atoms with van der Waals surface area (Å²) in [5, 5.41) is 14.0. The van der Waals surface area contributed by atoms with E-state index in [1.54, 1.807) is 24.0 Å². The molecule has 9 nitrogen and oxygen atoms in total. The number of carbonyl (C=O) groups is 2. The zero-order valence-electron chi connectivity index (χ0n) is 16.4. The summed E-state index contributed by atoms with van der Waals surface area (Å²) >= 11 is 0. The Balaban J connectivity index is 1.57. The lowest BCUT2D eigenvalue weighted by Gasteiger charge is -2.34. The highest BCUT2D eigenvalue weighted by Gasteiger charge is 2.31. The van der Waals surface area contributed by atoms with E-state index in [-0.39, 0.29) is 23.8 Å². The van der Waals surface area contributed by atoms with Crippen molar-refractivity contribution in [2.24, 2.45) is 5.92 Å². The number of nitrogens with one attached hydrogen (secondary N) is 1. The maximum Gasteiger partial charge on any atom is 0.263 e. The molecule has 2 amide bonds. The molecule has 1 aromatic carbocycles. The molecule has 1 saturated heterocycles. The van der Waals surface area contributed by atoms with Crippen molar-refractivity contribution in [3.8, 4) is 11.4 Å². The Morgan fingerprint density at radius 2 is 1.96 bits per heavy atom. The Hall–Kier alpha value is -2.97. The van der Waals surface area contributed by atoms with Crippen LogP contribution in [0.1, 0.15) is 33.6 Å². The molecule has 150 valence electrons. The second kappa shape index (κ2) is 8.81. The molecule has 28 heavy (non-hydrogen) atoms. The fraction of sp³-hybridized carbons (Fsp3) is 0.526. The number of rotatable bonds is 6. The van der Waals surface area contributed by atoms with Gasteiger partial charge in [-0.2, -0.15) is 0 Å². The van der Waals surface area contributed by atoms with Gasteiger partial charge in [-0.25, -0.2) is 4.68 Å². The monoisotopic (exact) mass is 386 g/mol. The Kier molecular flexibility index (Phi) is 6.23. The second-order valence-electron chi connectivity index (χ2n) is 7.30. The molecule has 1 N–H and O–H groups in total. The van der Waals surface area contributed by atoms with Gasteiger partial charge in [-0.05, 0) is 68.3 Å². The van der Waals surface area contributed by atoms with Crippen molar-refractivity contribution < 1.29 is 14.3 Å². The highest BCUT2D eigenvalue weighted by atomic mass is 16.5. The van der Waals surface area contributed by atoms with E-state index in [2.05, 4.69) is 20.8 Å². The molecule has 0 radical (unpaired) electrons. The van der Waals surface area contributed by atoms with Crippen molar-refractivity contribution >= 4 is 11.8 Å². The maximum atomic E-state index is 12.8. The van der Waals surface area contributed by atoms with Gasteiger partial charge in [0.05, 0.1) is 11.6 Å². The molecule has 9 heteroatoms. The quantitative estimate of drug-likeness (QED) is 0.800. The number of piperidine rings is 1. The number of hydrogen-bond donors (Lipinski definition) is 1. The van der Waals surface area contributed by atoms with E-state index < -0.39 is 6.10 Å². The van der Waals surface area contributed by atoms with Crippen LogP contribution in [0, 0.1) is 5.92 Å². The normalized spacial score (nSPS) is 18.0. The highest BCUT2D eigenvalue weighted by Crippen LogP contribution is 2.20. The number of hydrogen-bond acceptors (Lipinski definition) is 6. The lowest BCUT2D eigenvalue weighted by molar-refractivity contribution is -0.141. The van der Waals surface area contributed by atoms with E-state index in [1.807, 2.05) is 26.0 Å². The molecule has 0 aliphatic carbocycles. The third kappa shape index (κ3) is 4.85. The van der Waals surface area contributed by atoms with Crippen LogP contribution in [0.3, 0.4) is 0 Å². The van der Waals surface area contributed by atoms with Crippen LogP contribution < -0.4 is 10.1 Å². The maximum absolute atomic E-state index is 12.8. The Morgan fingerprint density at radius 3 is 2.61 bits per heavy atom. The molecule has 2 heterocycles. The van der Waals surface area contributed by atoms with Crippen LogP contribution in [-0.2, 0) is 9.59 Å². The molecule has 2 unspecified atom stereocenters. The first kappa shape index (κ1) is 19.8. The van der Waals surface area contributed by atoms with Crippen LogP contribution >= 0.6 is 0 Å². The van der Waals surface area contributed by atoms with E-state index in [0.29, 0.717) is 18.8 Å². The predicted molar refractivity (Wildman–Crippen MR) is 102 cm³/mol. The predicted octanol–water partition coefficient (Wildman–Crippen LogP) is 1.19. The minimum Gasteiger partial charge on any atom is -0.481 e. The van der Waals surface area contributed by atoms with Crippen LogP contribution in [0.4, 0.5) is 0 Å². The molecular formula is C19H26N6O3. The van der Waals surface area contributed by atoms with Gasteiger partial charge < -0.3 is 15.0 Å². The van der Waals surface area contributed by atoms with Crippen LogP contribution in [0.15, 0.2) is 30.6 Å². The molecule has 2 aromatic rings. The van der Waals surface area contributed by atoms with Crippen molar-refractivity contribution in [2.45, 2.75) is 45.8 Å². The number of ether oxygens (including phenoxy) is 1. The number of aromatic nitrogens is 4. The number of tetrazole rings is 1. The largest absolute Gasteiger partial charge is 0.481 e. The first-order chi connectivity index (χ1) is 13.4. The van der Waals surface area contributed by atoms with Crippen molar-refractivity contribution in [3.05, 3.63) is 30.6 Å². The zero-order valence-corrected chi connectivity index (χ0v) is 16.4. The smallest absolute Gasteiger partial charge is 0.263 e. The minimum absolute atomic E-state index is 0.0132. The number of nitrogens with zero attached hydrogens (tertiary/aromatic N) is 5. The van der Waals surface area contributed by atoms with Gasteiger partial charge in [0.15, 0.2) is 6.10 Å². The van der Waals surface area contributed by atoms with E-state index in [4.69, 9.17) is 4.74 Å². The number of likely N-dealkylation sites (tertiary alicyclic amines) is 1. The molecular weight excluding hydrogens is 360 g/mol.